The predicted molar refractivity (Wildman–Crippen MR) is 102 cm³/mol. The van der Waals surface area contributed by atoms with Crippen molar-refractivity contribution < 1.29 is 19.1 Å². The number of amides is 1. The van der Waals surface area contributed by atoms with Gasteiger partial charge in [-0.1, -0.05) is 11.8 Å². The van der Waals surface area contributed by atoms with Crippen LogP contribution in [0.15, 0.2) is 40.7 Å². The molecule has 1 amide bonds. The van der Waals surface area contributed by atoms with Crippen molar-refractivity contribution in [3.05, 3.63) is 41.8 Å². The fraction of sp³-hybridized carbons (Fsp3) is 0.222. The number of halogens is 1. The number of aliphatic carboxylic acids is 1. The molecule has 2 aromatic rings. The molecule has 0 unspecified atom stereocenters. The highest BCUT2D eigenvalue weighted by molar-refractivity contribution is 8.15. The molecule has 2 heterocycles. The van der Waals surface area contributed by atoms with Gasteiger partial charge in [-0.15, -0.1) is 5.10 Å². The van der Waals surface area contributed by atoms with Gasteiger partial charge in [0.25, 0.3) is 0 Å². The second-order valence-corrected chi connectivity index (χ2v) is 7.12. The smallest absolute Gasteiger partial charge is 0.239 e. The lowest BCUT2D eigenvalue weighted by Gasteiger charge is -2.04. The number of thioether (sulfide) groups is 1. The number of carboxylic acid groups (broad SMARTS) is 1. The third kappa shape index (κ3) is 5.26. The number of hydrogen-bond donors (Lipinski definition) is 1. The van der Waals surface area contributed by atoms with Gasteiger partial charge in [0, 0.05) is 29.7 Å². The van der Waals surface area contributed by atoms with Crippen molar-refractivity contribution in [2.45, 2.75) is 24.6 Å². The Morgan fingerprint density at radius 3 is 2.90 bits per heavy atom. The number of nitrogens with zero attached hydrogens (tertiary/aromatic N) is 5. The molecule has 1 N–H and O–H groups in total. The van der Waals surface area contributed by atoms with E-state index in [1.807, 2.05) is 6.07 Å². The molecule has 1 aromatic heterocycles. The van der Waals surface area contributed by atoms with E-state index >= 15 is 0 Å². The molecule has 11 heteroatoms. The van der Waals surface area contributed by atoms with Crippen molar-refractivity contribution in [2.75, 3.05) is 0 Å². The van der Waals surface area contributed by atoms with Gasteiger partial charge in [-0.05, 0) is 24.3 Å². The number of carboxylic acids is 1. The molecule has 1 aliphatic heterocycles. The predicted octanol–water partition coefficient (Wildman–Crippen LogP) is 0.664. The molecule has 9 nitrogen and oxygen atoms in total. The number of carbonyl (C=O) groups is 2. The molecule has 3 rings (SSSR count). The zero-order chi connectivity index (χ0) is 20.8. The maximum atomic E-state index is 13.2. The third-order valence-corrected chi connectivity index (χ3v) is 4.91. The van der Waals surface area contributed by atoms with Gasteiger partial charge in [0.1, 0.15) is 11.5 Å². The number of aromatic nitrogens is 2. The number of benzene rings is 1. The molecule has 1 aromatic carbocycles. The first-order chi connectivity index (χ1) is 14.0. The number of aryl methyl sites for hydroxylation is 1. The summed E-state index contributed by atoms with van der Waals surface area (Å²) < 4.78 is 14.8. The van der Waals surface area contributed by atoms with Crippen LogP contribution >= 0.6 is 11.8 Å². The van der Waals surface area contributed by atoms with E-state index in [-0.39, 0.29) is 17.4 Å². The van der Waals surface area contributed by atoms with E-state index in [1.54, 1.807) is 23.0 Å². The number of carbonyl (C=O) groups excluding carboxylic acids is 2. The van der Waals surface area contributed by atoms with Crippen LogP contribution in [0.4, 0.5) is 4.39 Å². The molecule has 1 saturated heterocycles. The molecule has 29 heavy (non-hydrogen) atoms. The summed E-state index contributed by atoms with van der Waals surface area (Å²) in [5.74, 6) is -2.17. The monoisotopic (exact) mass is 413 g/mol. The van der Waals surface area contributed by atoms with E-state index in [0.717, 1.165) is 11.8 Å². The molecule has 0 spiro atoms. The third-order valence-electron chi connectivity index (χ3n) is 3.83. The second-order valence-electron chi connectivity index (χ2n) is 5.93. The summed E-state index contributed by atoms with van der Waals surface area (Å²) in [7, 11) is 0. The van der Waals surface area contributed by atoms with Gasteiger partial charge in [-0.3, -0.25) is 9.48 Å². The Hall–Kier alpha value is -3.52. The zero-order valence-electron chi connectivity index (χ0n) is 14.9. The molecule has 1 atom stereocenters. The molecule has 148 valence electrons. The van der Waals surface area contributed by atoms with E-state index < -0.39 is 23.5 Å². The summed E-state index contributed by atoms with van der Waals surface area (Å²) in [4.78, 5) is 22.3. The average Bonchev–Trinajstić information content (AvgIpc) is 3.24. The van der Waals surface area contributed by atoms with Crippen molar-refractivity contribution in [3.63, 3.8) is 0 Å². The summed E-state index contributed by atoms with van der Waals surface area (Å²) in [6, 6.07) is 7.82. The Morgan fingerprint density at radius 1 is 1.45 bits per heavy atom. The SMILES string of the molecule is N#CCCn1cc(/C=N\N=C2/NC(=O)[C@@H](CC(=O)[O-])S2)c(-c2ccc(F)cc2)n1. The molecule has 0 radical (unpaired) electrons. The summed E-state index contributed by atoms with van der Waals surface area (Å²) in [5, 5.41) is 33.5. The van der Waals surface area contributed by atoms with E-state index in [1.165, 1.54) is 18.3 Å². The van der Waals surface area contributed by atoms with Crippen LogP contribution < -0.4 is 10.4 Å². The number of nitrogens with one attached hydrogen (secondary N) is 1. The van der Waals surface area contributed by atoms with E-state index in [0.29, 0.717) is 23.4 Å². The molecule has 0 bridgehead atoms. The fourth-order valence-corrected chi connectivity index (χ4v) is 3.43. The topological polar surface area (TPSA) is 136 Å². The van der Waals surface area contributed by atoms with Gasteiger partial charge >= 0.3 is 0 Å². The quantitative estimate of drug-likeness (QED) is 0.523. The van der Waals surface area contributed by atoms with Gasteiger partial charge in [-0.2, -0.15) is 15.5 Å². The first-order valence-electron chi connectivity index (χ1n) is 8.45. The first kappa shape index (κ1) is 20.2. The Bertz CT molecular complexity index is 1030. The van der Waals surface area contributed by atoms with Gasteiger partial charge < -0.3 is 15.2 Å². The number of amidine groups is 1. The number of nitriles is 1. The second kappa shape index (κ2) is 9.11. The van der Waals surface area contributed by atoms with Crippen molar-refractivity contribution in [2.24, 2.45) is 10.2 Å². The van der Waals surface area contributed by atoms with E-state index in [9.17, 15) is 19.1 Å². The van der Waals surface area contributed by atoms with Gasteiger partial charge in [0.05, 0.1) is 30.5 Å². The molecular weight excluding hydrogens is 399 g/mol. The molecule has 1 aliphatic rings. The van der Waals surface area contributed by atoms with Gasteiger partial charge in [-0.25, -0.2) is 4.39 Å². The molecule has 0 saturated carbocycles. The fourth-order valence-electron chi connectivity index (χ4n) is 2.52. The van der Waals surface area contributed by atoms with Crippen molar-refractivity contribution in [3.8, 4) is 17.3 Å². The lowest BCUT2D eigenvalue weighted by molar-refractivity contribution is -0.305. The van der Waals surface area contributed by atoms with Crippen molar-refractivity contribution >= 4 is 35.0 Å². The lowest BCUT2D eigenvalue weighted by atomic mass is 10.1. The minimum absolute atomic E-state index is 0.178. The number of hydrogen-bond acceptors (Lipinski definition) is 8. The van der Waals surface area contributed by atoms with Crippen LogP contribution in [-0.4, -0.2) is 38.3 Å². The maximum Gasteiger partial charge on any atom is 0.239 e. The van der Waals surface area contributed by atoms with Crippen molar-refractivity contribution in [1.82, 2.24) is 15.1 Å². The van der Waals surface area contributed by atoms with Crippen LogP contribution in [0.5, 0.6) is 0 Å². The van der Waals surface area contributed by atoms with Gasteiger partial charge in [0.2, 0.25) is 5.91 Å². The highest BCUT2D eigenvalue weighted by Gasteiger charge is 2.30. The lowest BCUT2D eigenvalue weighted by Crippen LogP contribution is -2.31. The van der Waals surface area contributed by atoms with Gasteiger partial charge in [0.15, 0.2) is 5.17 Å². The Balaban J connectivity index is 1.81. The zero-order valence-corrected chi connectivity index (χ0v) is 15.7. The molecule has 1 fully saturated rings. The van der Waals surface area contributed by atoms with Crippen LogP contribution in [0, 0.1) is 17.1 Å². The summed E-state index contributed by atoms with van der Waals surface area (Å²) in [6.07, 6.45) is 2.95. The van der Waals surface area contributed by atoms with Crippen molar-refractivity contribution in [1.29, 1.82) is 5.26 Å². The van der Waals surface area contributed by atoms with Crippen LogP contribution in [0.1, 0.15) is 18.4 Å². The first-order valence-corrected chi connectivity index (χ1v) is 9.33. The normalized spacial score (nSPS) is 17.6. The Labute approximate surface area is 168 Å². The summed E-state index contributed by atoms with van der Waals surface area (Å²) in [6.45, 7) is 0.379. The average molecular weight is 413 g/mol. The van der Waals surface area contributed by atoms with Crippen LogP contribution in [0.3, 0.4) is 0 Å². The largest absolute Gasteiger partial charge is 0.550 e. The maximum absolute atomic E-state index is 13.2. The van der Waals surface area contributed by atoms with E-state index in [2.05, 4.69) is 20.6 Å². The minimum Gasteiger partial charge on any atom is -0.550 e. The van der Waals surface area contributed by atoms with Crippen LogP contribution in [-0.2, 0) is 16.1 Å². The molecular formula is C18H14FN6O3S-. The summed E-state index contributed by atoms with van der Waals surface area (Å²) in [5.41, 5.74) is 1.78. The highest BCUT2D eigenvalue weighted by Crippen LogP contribution is 2.23. The van der Waals surface area contributed by atoms with Crippen LogP contribution in [0.2, 0.25) is 0 Å². The highest BCUT2D eigenvalue weighted by atomic mass is 32.2. The van der Waals surface area contributed by atoms with E-state index in [4.69, 9.17) is 5.26 Å². The molecule has 0 aliphatic carbocycles. The standard InChI is InChI=1S/C18H15FN6O3S/c19-13-4-2-11(3-5-13)16-12(10-25(24-16)7-1-6-20)9-21-23-18-22-17(28)14(29-18)8-15(26)27/h2-5,9-10,14H,1,7-8H2,(H,26,27)(H,22,23,28)/p-1/b21-9-/t14-/m1/s1. The Morgan fingerprint density at radius 2 is 2.21 bits per heavy atom. The minimum atomic E-state index is -1.32. The Kier molecular flexibility index (Phi) is 6.36. The summed E-state index contributed by atoms with van der Waals surface area (Å²) >= 11 is 0.957. The van der Waals surface area contributed by atoms with Crippen LogP contribution in [0.25, 0.3) is 11.3 Å². The number of rotatable bonds is 7.